The molecule has 5 heteroatoms. The van der Waals surface area contributed by atoms with Gasteiger partial charge in [-0.3, -0.25) is 4.79 Å². The highest BCUT2D eigenvalue weighted by Crippen LogP contribution is 2.29. The normalized spacial score (nSPS) is 10.8. The lowest BCUT2D eigenvalue weighted by Gasteiger charge is -2.12. The number of carbonyl (C=O) groups excluding carboxylic acids is 1. The molecule has 0 atom stereocenters. The van der Waals surface area contributed by atoms with Crippen molar-refractivity contribution < 1.29 is 9.53 Å². The largest absolute Gasteiger partial charge is 0.492 e. The van der Waals surface area contributed by atoms with Crippen LogP contribution in [0.25, 0.3) is 10.9 Å². The number of amides is 1. The van der Waals surface area contributed by atoms with E-state index in [-0.39, 0.29) is 5.91 Å². The third kappa shape index (κ3) is 3.87. The molecule has 3 aromatic rings. The van der Waals surface area contributed by atoms with Crippen molar-refractivity contribution in [2.45, 2.75) is 26.8 Å². The number of hydrogen-bond acceptors (Lipinski definition) is 2. The molecule has 0 spiro atoms. The average Bonchev–Trinajstić information content (AvgIpc) is 2.95. The van der Waals surface area contributed by atoms with Crippen molar-refractivity contribution in [3.8, 4) is 5.75 Å². The topological polar surface area (TPSA) is 43.3 Å². The van der Waals surface area contributed by atoms with Crippen molar-refractivity contribution in [2.75, 3.05) is 11.9 Å². The summed E-state index contributed by atoms with van der Waals surface area (Å²) in [5.41, 5.74) is 2.87. The van der Waals surface area contributed by atoms with Crippen LogP contribution in [0.3, 0.4) is 0 Å². The van der Waals surface area contributed by atoms with Crippen LogP contribution in [0.1, 0.15) is 19.4 Å². The number of nitrogens with zero attached hydrogens (tertiary/aromatic N) is 1. The molecule has 2 aromatic carbocycles. The van der Waals surface area contributed by atoms with E-state index in [0.717, 1.165) is 27.5 Å². The number of fused-ring (bicyclic) bond motifs is 1. The molecule has 0 aliphatic heterocycles. The van der Waals surface area contributed by atoms with Crippen molar-refractivity contribution in [2.24, 2.45) is 0 Å². The standard InChI is InChI=1S/C20H21BrN2O2/c1-3-23-13-14(16-7-5-6-8-18(16)23)11-20(24)22-17-12-15(21)9-10-19(17)25-4-2/h5-10,12-13H,3-4,11H2,1-2H3,(H,22,24). The van der Waals surface area contributed by atoms with Crippen molar-refractivity contribution in [1.29, 1.82) is 0 Å². The molecule has 0 aliphatic carbocycles. The second-order valence-corrected chi connectivity index (χ2v) is 6.67. The fourth-order valence-corrected chi connectivity index (χ4v) is 3.34. The van der Waals surface area contributed by atoms with Crippen LogP contribution < -0.4 is 10.1 Å². The van der Waals surface area contributed by atoms with Gasteiger partial charge in [0.05, 0.1) is 18.7 Å². The van der Waals surface area contributed by atoms with E-state index in [1.54, 1.807) is 0 Å². The van der Waals surface area contributed by atoms with Crippen molar-refractivity contribution in [1.82, 2.24) is 4.57 Å². The van der Waals surface area contributed by atoms with Gasteiger partial charge >= 0.3 is 0 Å². The van der Waals surface area contributed by atoms with E-state index < -0.39 is 0 Å². The quantitative estimate of drug-likeness (QED) is 0.632. The summed E-state index contributed by atoms with van der Waals surface area (Å²) in [4.78, 5) is 12.6. The van der Waals surface area contributed by atoms with Gasteiger partial charge in [-0.1, -0.05) is 34.1 Å². The Labute approximate surface area is 155 Å². The van der Waals surface area contributed by atoms with E-state index in [1.807, 2.05) is 37.3 Å². The molecular weight excluding hydrogens is 380 g/mol. The highest BCUT2D eigenvalue weighted by molar-refractivity contribution is 9.10. The Kier molecular flexibility index (Phi) is 5.43. The van der Waals surface area contributed by atoms with Gasteiger partial charge in [-0.15, -0.1) is 0 Å². The lowest BCUT2D eigenvalue weighted by Crippen LogP contribution is -2.15. The summed E-state index contributed by atoms with van der Waals surface area (Å²) >= 11 is 3.44. The fourth-order valence-electron chi connectivity index (χ4n) is 2.97. The Morgan fingerprint density at radius 3 is 2.76 bits per heavy atom. The molecule has 0 radical (unpaired) electrons. The molecule has 1 N–H and O–H groups in total. The number of halogens is 1. The minimum absolute atomic E-state index is 0.0574. The molecule has 0 saturated heterocycles. The van der Waals surface area contributed by atoms with Crippen molar-refractivity contribution in [3.63, 3.8) is 0 Å². The van der Waals surface area contributed by atoms with Crippen LogP contribution in [-0.2, 0) is 17.8 Å². The third-order valence-corrected chi connectivity index (χ3v) is 4.57. The van der Waals surface area contributed by atoms with Crippen molar-refractivity contribution in [3.05, 3.63) is 58.7 Å². The summed E-state index contributed by atoms with van der Waals surface area (Å²) in [6.07, 6.45) is 2.39. The van der Waals surface area contributed by atoms with Crippen LogP contribution in [0.4, 0.5) is 5.69 Å². The summed E-state index contributed by atoms with van der Waals surface area (Å²) in [6, 6.07) is 13.8. The van der Waals surface area contributed by atoms with Gasteiger partial charge in [0.25, 0.3) is 0 Å². The van der Waals surface area contributed by atoms with E-state index in [9.17, 15) is 4.79 Å². The monoisotopic (exact) mass is 400 g/mol. The summed E-state index contributed by atoms with van der Waals surface area (Å²) in [7, 11) is 0. The maximum Gasteiger partial charge on any atom is 0.228 e. The number of anilines is 1. The van der Waals surface area contributed by atoms with E-state index in [4.69, 9.17) is 4.74 Å². The summed E-state index contributed by atoms with van der Waals surface area (Å²) in [5.74, 6) is 0.619. The zero-order valence-electron chi connectivity index (χ0n) is 14.4. The van der Waals surface area contributed by atoms with Crippen molar-refractivity contribution >= 4 is 38.4 Å². The van der Waals surface area contributed by atoms with Gasteiger partial charge in [-0.2, -0.15) is 0 Å². The predicted molar refractivity (Wildman–Crippen MR) is 105 cm³/mol. The third-order valence-electron chi connectivity index (χ3n) is 4.08. The summed E-state index contributed by atoms with van der Waals surface area (Å²) in [5, 5.41) is 4.10. The number of aryl methyl sites for hydroxylation is 1. The van der Waals surface area contributed by atoms with Gasteiger partial charge in [0.2, 0.25) is 5.91 Å². The molecule has 0 unspecified atom stereocenters. The maximum absolute atomic E-state index is 12.6. The molecule has 130 valence electrons. The smallest absolute Gasteiger partial charge is 0.228 e. The number of carbonyl (C=O) groups is 1. The van der Waals surface area contributed by atoms with Gasteiger partial charge in [-0.25, -0.2) is 0 Å². The molecule has 0 fully saturated rings. The molecule has 1 heterocycles. The van der Waals surface area contributed by atoms with Crippen LogP contribution in [0.5, 0.6) is 5.75 Å². The average molecular weight is 401 g/mol. The Morgan fingerprint density at radius 2 is 2.00 bits per heavy atom. The minimum atomic E-state index is -0.0574. The molecule has 0 saturated carbocycles. The SMILES string of the molecule is CCOc1ccc(Br)cc1NC(=O)Cc1cn(CC)c2ccccc12. The molecule has 1 aromatic heterocycles. The molecular formula is C20H21BrN2O2. The number of ether oxygens (including phenoxy) is 1. The number of aromatic nitrogens is 1. The van der Waals surface area contributed by atoms with Crippen LogP contribution in [-0.4, -0.2) is 17.1 Å². The molecule has 0 bridgehead atoms. The molecule has 0 aliphatic rings. The Bertz CT molecular complexity index is 902. The Hall–Kier alpha value is -2.27. The summed E-state index contributed by atoms with van der Waals surface area (Å²) < 4.78 is 8.66. The van der Waals surface area contributed by atoms with Crippen LogP contribution >= 0.6 is 15.9 Å². The molecule has 1 amide bonds. The zero-order valence-corrected chi connectivity index (χ0v) is 16.0. The number of para-hydroxylation sites is 1. The maximum atomic E-state index is 12.6. The van der Waals surface area contributed by atoms with E-state index in [2.05, 4.69) is 51.1 Å². The van der Waals surface area contributed by atoms with Crippen LogP contribution in [0.15, 0.2) is 53.1 Å². The first-order valence-electron chi connectivity index (χ1n) is 8.41. The fraction of sp³-hybridized carbons (Fsp3) is 0.250. The second kappa shape index (κ2) is 7.74. The lowest BCUT2D eigenvalue weighted by atomic mass is 10.1. The Balaban J connectivity index is 1.83. The lowest BCUT2D eigenvalue weighted by molar-refractivity contribution is -0.115. The number of nitrogens with one attached hydrogen (secondary N) is 1. The first-order valence-corrected chi connectivity index (χ1v) is 9.20. The van der Waals surface area contributed by atoms with Gasteiger partial charge in [-0.05, 0) is 43.7 Å². The van der Waals surface area contributed by atoms with Crippen LogP contribution in [0, 0.1) is 0 Å². The van der Waals surface area contributed by atoms with Crippen LogP contribution in [0.2, 0.25) is 0 Å². The van der Waals surface area contributed by atoms with Gasteiger partial charge in [0.15, 0.2) is 0 Å². The van der Waals surface area contributed by atoms with E-state index in [0.29, 0.717) is 24.5 Å². The molecule has 25 heavy (non-hydrogen) atoms. The zero-order chi connectivity index (χ0) is 17.8. The summed E-state index contributed by atoms with van der Waals surface area (Å²) in [6.45, 7) is 5.45. The Morgan fingerprint density at radius 1 is 1.20 bits per heavy atom. The van der Waals surface area contributed by atoms with E-state index in [1.165, 1.54) is 0 Å². The minimum Gasteiger partial charge on any atom is -0.492 e. The van der Waals surface area contributed by atoms with Gasteiger partial charge < -0.3 is 14.6 Å². The molecule has 4 nitrogen and oxygen atoms in total. The van der Waals surface area contributed by atoms with Gasteiger partial charge in [0, 0.05) is 28.1 Å². The highest BCUT2D eigenvalue weighted by atomic mass is 79.9. The predicted octanol–water partition coefficient (Wildman–Crippen LogP) is 5.00. The number of hydrogen-bond donors (Lipinski definition) is 1. The first kappa shape index (κ1) is 17.5. The molecule has 3 rings (SSSR count). The second-order valence-electron chi connectivity index (χ2n) is 5.76. The van der Waals surface area contributed by atoms with E-state index >= 15 is 0 Å². The number of rotatable bonds is 6. The highest BCUT2D eigenvalue weighted by Gasteiger charge is 2.13. The van der Waals surface area contributed by atoms with Gasteiger partial charge in [0.1, 0.15) is 5.75 Å². The number of benzene rings is 2. The first-order chi connectivity index (χ1) is 12.1.